The lowest BCUT2D eigenvalue weighted by atomic mass is 10.1. The SMILES string of the molecule is COc1cc(C=CC(=O)On2c(O)ccc2O)c([N+](=O)[O-])cc1OC. The highest BCUT2D eigenvalue weighted by atomic mass is 16.7. The van der Waals surface area contributed by atoms with Crippen LogP contribution in [0.1, 0.15) is 5.56 Å². The number of hydrogen-bond donors (Lipinski definition) is 2. The van der Waals surface area contributed by atoms with Crippen LogP contribution in [-0.2, 0) is 4.79 Å². The van der Waals surface area contributed by atoms with Crippen molar-refractivity contribution in [3.8, 4) is 23.3 Å². The van der Waals surface area contributed by atoms with Gasteiger partial charge in [-0.2, -0.15) is 0 Å². The second-order valence-electron chi connectivity index (χ2n) is 4.61. The summed E-state index contributed by atoms with van der Waals surface area (Å²) in [7, 11) is 2.70. The number of nitro benzene ring substituents is 1. The molecule has 0 atom stereocenters. The Morgan fingerprint density at radius 1 is 1.16 bits per heavy atom. The number of aromatic nitrogens is 1. The van der Waals surface area contributed by atoms with Crippen molar-refractivity contribution in [3.63, 3.8) is 0 Å². The van der Waals surface area contributed by atoms with Gasteiger partial charge in [0, 0.05) is 18.2 Å². The predicted molar refractivity (Wildman–Crippen MR) is 84.6 cm³/mol. The molecule has 25 heavy (non-hydrogen) atoms. The fourth-order valence-corrected chi connectivity index (χ4v) is 1.95. The lowest BCUT2D eigenvalue weighted by Crippen LogP contribution is -2.16. The summed E-state index contributed by atoms with van der Waals surface area (Å²) in [5.41, 5.74) is -0.242. The van der Waals surface area contributed by atoms with E-state index >= 15 is 0 Å². The maximum atomic E-state index is 11.8. The second kappa shape index (κ2) is 7.25. The second-order valence-corrected chi connectivity index (χ2v) is 4.61. The Morgan fingerprint density at radius 2 is 1.72 bits per heavy atom. The molecule has 1 aromatic carbocycles. The van der Waals surface area contributed by atoms with Crippen molar-refractivity contribution < 1.29 is 34.2 Å². The minimum atomic E-state index is -0.981. The minimum absolute atomic E-state index is 0.0700. The molecule has 0 saturated carbocycles. The number of ether oxygens (including phenoxy) is 2. The molecule has 1 heterocycles. The van der Waals surface area contributed by atoms with Gasteiger partial charge in [-0.05, 0) is 12.1 Å². The third-order valence-corrected chi connectivity index (χ3v) is 3.11. The zero-order valence-electron chi connectivity index (χ0n) is 13.2. The number of hydrogen-bond acceptors (Lipinski definition) is 8. The quantitative estimate of drug-likeness (QED) is 0.455. The normalized spacial score (nSPS) is 10.6. The summed E-state index contributed by atoms with van der Waals surface area (Å²) in [5.74, 6) is -1.56. The topological polar surface area (TPSA) is 133 Å². The average Bonchev–Trinajstić information content (AvgIpc) is 2.90. The van der Waals surface area contributed by atoms with Crippen molar-refractivity contribution in [2.45, 2.75) is 0 Å². The Labute approximate surface area is 141 Å². The van der Waals surface area contributed by atoms with Crippen LogP contribution >= 0.6 is 0 Å². The zero-order valence-corrected chi connectivity index (χ0v) is 13.2. The number of methoxy groups -OCH3 is 2. The van der Waals surface area contributed by atoms with Gasteiger partial charge >= 0.3 is 5.97 Å². The van der Waals surface area contributed by atoms with Crippen LogP contribution in [0.2, 0.25) is 0 Å². The van der Waals surface area contributed by atoms with Crippen molar-refractivity contribution in [1.82, 2.24) is 4.73 Å². The van der Waals surface area contributed by atoms with E-state index in [0.29, 0.717) is 4.73 Å². The lowest BCUT2D eigenvalue weighted by Gasteiger charge is -2.08. The van der Waals surface area contributed by atoms with Gasteiger partial charge in [-0.3, -0.25) is 10.1 Å². The Balaban J connectivity index is 2.30. The first-order valence-corrected chi connectivity index (χ1v) is 6.77. The lowest BCUT2D eigenvalue weighted by molar-refractivity contribution is -0.385. The van der Waals surface area contributed by atoms with E-state index in [9.17, 15) is 25.1 Å². The van der Waals surface area contributed by atoms with Gasteiger partial charge in [-0.1, -0.05) is 0 Å². The number of nitrogens with zero attached hydrogens (tertiary/aromatic N) is 2. The molecule has 10 heteroatoms. The van der Waals surface area contributed by atoms with Crippen molar-refractivity contribution in [2.75, 3.05) is 14.2 Å². The number of carbonyl (C=O) groups excluding carboxylic acids is 1. The molecule has 10 nitrogen and oxygen atoms in total. The van der Waals surface area contributed by atoms with E-state index in [1.165, 1.54) is 20.3 Å². The monoisotopic (exact) mass is 350 g/mol. The van der Waals surface area contributed by atoms with Crippen LogP contribution in [0.4, 0.5) is 5.69 Å². The number of aromatic hydroxyl groups is 2. The van der Waals surface area contributed by atoms with Crippen molar-refractivity contribution in [1.29, 1.82) is 0 Å². The van der Waals surface area contributed by atoms with E-state index in [1.54, 1.807) is 0 Å². The molecule has 132 valence electrons. The van der Waals surface area contributed by atoms with Gasteiger partial charge in [0.15, 0.2) is 11.5 Å². The molecule has 0 spiro atoms. The maximum Gasteiger partial charge on any atom is 0.356 e. The highest BCUT2D eigenvalue weighted by Crippen LogP contribution is 2.35. The number of carbonyl (C=O) groups is 1. The predicted octanol–water partition coefficient (Wildman–Crippen LogP) is 1.49. The number of nitro groups is 1. The highest BCUT2D eigenvalue weighted by molar-refractivity contribution is 5.88. The maximum absolute atomic E-state index is 11.8. The molecule has 0 amide bonds. The Kier molecular flexibility index (Phi) is 5.12. The van der Waals surface area contributed by atoms with E-state index < -0.39 is 22.7 Å². The fraction of sp³-hybridized carbons (Fsp3) is 0.133. The molecule has 0 aliphatic rings. The van der Waals surface area contributed by atoms with Gasteiger partial charge in [0.25, 0.3) is 5.69 Å². The molecule has 2 aromatic rings. The molecular weight excluding hydrogens is 336 g/mol. The summed E-state index contributed by atoms with van der Waals surface area (Å²) in [5, 5.41) is 29.9. The molecule has 0 aliphatic carbocycles. The molecule has 2 N–H and O–H groups in total. The van der Waals surface area contributed by atoms with E-state index in [-0.39, 0.29) is 22.7 Å². The van der Waals surface area contributed by atoms with Gasteiger partial charge in [0.05, 0.1) is 30.8 Å². The van der Waals surface area contributed by atoms with Gasteiger partial charge in [0.2, 0.25) is 11.8 Å². The third-order valence-electron chi connectivity index (χ3n) is 3.11. The molecule has 1 aromatic heterocycles. The fourth-order valence-electron chi connectivity index (χ4n) is 1.95. The van der Waals surface area contributed by atoms with Crippen molar-refractivity contribution >= 4 is 17.7 Å². The minimum Gasteiger partial charge on any atom is -0.493 e. The smallest absolute Gasteiger partial charge is 0.356 e. The highest BCUT2D eigenvalue weighted by Gasteiger charge is 2.18. The van der Waals surface area contributed by atoms with Crippen LogP contribution in [0.15, 0.2) is 30.3 Å². The largest absolute Gasteiger partial charge is 0.493 e. The first kappa shape index (κ1) is 17.7. The zero-order chi connectivity index (χ0) is 18.6. The van der Waals surface area contributed by atoms with E-state index in [1.807, 2.05) is 0 Å². The first-order chi connectivity index (χ1) is 11.9. The average molecular weight is 350 g/mol. The van der Waals surface area contributed by atoms with Crippen molar-refractivity contribution in [3.05, 3.63) is 46.0 Å². The van der Waals surface area contributed by atoms with Crippen LogP contribution in [0, 0.1) is 10.1 Å². The molecule has 0 bridgehead atoms. The summed E-state index contributed by atoms with van der Waals surface area (Å²) < 4.78 is 10.6. The van der Waals surface area contributed by atoms with Gasteiger partial charge in [-0.15, -0.1) is 4.73 Å². The number of benzene rings is 1. The van der Waals surface area contributed by atoms with E-state index in [4.69, 9.17) is 14.3 Å². The molecule has 0 aliphatic heterocycles. The number of rotatable bonds is 6. The van der Waals surface area contributed by atoms with Crippen LogP contribution in [-0.4, -0.2) is 40.1 Å². The van der Waals surface area contributed by atoms with Crippen molar-refractivity contribution in [2.24, 2.45) is 0 Å². The summed E-state index contributed by atoms with van der Waals surface area (Å²) >= 11 is 0. The molecule has 2 rings (SSSR count). The van der Waals surface area contributed by atoms with Gasteiger partial charge < -0.3 is 24.5 Å². The summed E-state index contributed by atoms with van der Waals surface area (Å²) in [4.78, 5) is 27.0. The van der Waals surface area contributed by atoms with Crippen LogP contribution in [0.3, 0.4) is 0 Å². The standard InChI is InChI=1S/C15H14N2O8/c1-23-11-7-9(10(17(21)22)8-12(11)24-2)3-6-15(20)25-16-13(18)4-5-14(16)19/h3-8,18-19H,1-2H3. The molecule has 0 fully saturated rings. The van der Waals surface area contributed by atoms with Crippen LogP contribution < -0.4 is 14.3 Å². The van der Waals surface area contributed by atoms with E-state index in [2.05, 4.69) is 0 Å². The van der Waals surface area contributed by atoms with Crippen LogP contribution in [0.25, 0.3) is 6.08 Å². The third kappa shape index (κ3) is 3.80. The molecular formula is C15H14N2O8. The van der Waals surface area contributed by atoms with Gasteiger partial charge in [-0.25, -0.2) is 4.79 Å². The Bertz CT molecular complexity index is 821. The first-order valence-electron chi connectivity index (χ1n) is 6.77. The summed E-state index contributed by atoms with van der Waals surface area (Å²) in [6.07, 6.45) is 2.03. The molecule has 0 saturated heterocycles. The van der Waals surface area contributed by atoms with Crippen LogP contribution in [0.5, 0.6) is 23.3 Å². The molecule has 0 unspecified atom stereocenters. The van der Waals surface area contributed by atoms with Gasteiger partial charge in [0.1, 0.15) is 0 Å². The molecule has 0 radical (unpaired) electrons. The Morgan fingerprint density at radius 3 is 2.24 bits per heavy atom. The Hall–Kier alpha value is -3.69. The summed E-state index contributed by atoms with van der Waals surface area (Å²) in [6, 6.07) is 4.72. The van der Waals surface area contributed by atoms with E-state index in [0.717, 1.165) is 30.4 Å². The summed E-state index contributed by atoms with van der Waals surface area (Å²) in [6.45, 7) is 0.